The maximum absolute atomic E-state index is 5.33. The number of benzene rings is 1. The summed E-state index contributed by atoms with van der Waals surface area (Å²) in [5, 5.41) is 5.43. The quantitative estimate of drug-likeness (QED) is 0.568. The summed E-state index contributed by atoms with van der Waals surface area (Å²) in [7, 11) is 1.66. The van der Waals surface area contributed by atoms with E-state index in [1.54, 1.807) is 11.6 Å². The normalized spacial score (nSPS) is 11.2. The maximum atomic E-state index is 5.33. The summed E-state index contributed by atoms with van der Waals surface area (Å²) < 4.78 is 7.14. The predicted molar refractivity (Wildman–Crippen MR) is 85.0 cm³/mol. The van der Waals surface area contributed by atoms with Crippen LogP contribution < -0.4 is 4.74 Å². The molecule has 0 saturated carbocycles. The topological polar surface area (TPSA) is 52.3 Å². The SMILES string of the molecule is COc1ccc2nccc(-c3cnn4cc(C)cnc34)c2c1. The van der Waals surface area contributed by atoms with Crippen molar-refractivity contribution in [1.29, 1.82) is 0 Å². The molecule has 0 aliphatic carbocycles. The van der Waals surface area contributed by atoms with E-state index in [2.05, 4.69) is 15.1 Å². The largest absolute Gasteiger partial charge is 0.497 e. The molecule has 5 nitrogen and oxygen atoms in total. The van der Waals surface area contributed by atoms with Crippen molar-refractivity contribution >= 4 is 16.6 Å². The Labute approximate surface area is 127 Å². The van der Waals surface area contributed by atoms with Gasteiger partial charge in [-0.1, -0.05) is 0 Å². The number of fused-ring (bicyclic) bond motifs is 2. The van der Waals surface area contributed by atoms with Crippen LogP contribution in [0.3, 0.4) is 0 Å². The molecule has 0 saturated heterocycles. The fraction of sp³-hybridized carbons (Fsp3) is 0.118. The smallest absolute Gasteiger partial charge is 0.162 e. The summed E-state index contributed by atoms with van der Waals surface area (Å²) in [6, 6.07) is 7.85. The molecule has 5 heteroatoms. The van der Waals surface area contributed by atoms with Gasteiger partial charge in [0.25, 0.3) is 0 Å². The maximum Gasteiger partial charge on any atom is 0.162 e. The van der Waals surface area contributed by atoms with E-state index in [0.29, 0.717) is 0 Å². The molecule has 0 aliphatic rings. The second-order valence-corrected chi connectivity index (χ2v) is 5.20. The first-order valence-electron chi connectivity index (χ1n) is 6.99. The van der Waals surface area contributed by atoms with E-state index in [9.17, 15) is 0 Å². The van der Waals surface area contributed by atoms with E-state index in [1.165, 1.54) is 0 Å². The van der Waals surface area contributed by atoms with Crippen molar-refractivity contribution in [3.8, 4) is 16.9 Å². The zero-order valence-electron chi connectivity index (χ0n) is 12.3. The van der Waals surface area contributed by atoms with Gasteiger partial charge in [0.05, 0.1) is 18.8 Å². The summed E-state index contributed by atoms with van der Waals surface area (Å²) >= 11 is 0. The van der Waals surface area contributed by atoms with E-state index in [4.69, 9.17) is 4.74 Å². The van der Waals surface area contributed by atoms with Crippen molar-refractivity contribution < 1.29 is 4.74 Å². The highest BCUT2D eigenvalue weighted by atomic mass is 16.5. The van der Waals surface area contributed by atoms with Gasteiger partial charge in [-0.05, 0) is 42.3 Å². The number of nitrogens with zero attached hydrogens (tertiary/aromatic N) is 4. The second-order valence-electron chi connectivity index (χ2n) is 5.20. The minimum Gasteiger partial charge on any atom is -0.497 e. The molecule has 4 aromatic rings. The standard InChI is InChI=1S/C17H14N4O/c1-11-8-19-17-15(9-20-21(17)10-11)13-5-6-18-16-4-3-12(22-2)7-14(13)16/h3-10H,1-2H3. The molecule has 0 atom stereocenters. The lowest BCUT2D eigenvalue weighted by Crippen LogP contribution is -1.92. The molecule has 0 N–H and O–H groups in total. The van der Waals surface area contributed by atoms with Gasteiger partial charge in [-0.2, -0.15) is 5.10 Å². The predicted octanol–water partition coefficient (Wildman–Crippen LogP) is 3.26. The lowest BCUT2D eigenvalue weighted by molar-refractivity contribution is 0.415. The fourth-order valence-corrected chi connectivity index (χ4v) is 2.65. The molecule has 3 heterocycles. The van der Waals surface area contributed by atoms with Crippen LogP contribution in [0.15, 0.2) is 49.1 Å². The van der Waals surface area contributed by atoms with Crippen LogP contribution >= 0.6 is 0 Å². The van der Waals surface area contributed by atoms with Crippen LogP contribution in [0.5, 0.6) is 5.75 Å². The van der Waals surface area contributed by atoms with Crippen LogP contribution in [0.2, 0.25) is 0 Å². The van der Waals surface area contributed by atoms with Gasteiger partial charge in [-0.25, -0.2) is 9.50 Å². The Bertz CT molecular complexity index is 990. The van der Waals surface area contributed by atoms with Crippen molar-refractivity contribution in [2.45, 2.75) is 6.92 Å². The van der Waals surface area contributed by atoms with Crippen LogP contribution in [0, 0.1) is 6.92 Å². The molecule has 0 bridgehead atoms. The third-order valence-corrected chi connectivity index (χ3v) is 3.72. The van der Waals surface area contributed by atoms with Crippen LogP contribution in [-0.4, -0.2) is 26.7 Å². The molecule has 4 rings (SSSR count). The Morgan fingerprint density at radius 2 is 1.95 bits per heavy atom. The number of aryl methyl sites for hydroxylation is 1. The minimum atomic E-state index is 0.807. The number of hydrogen-bond donors (Lipinski definition) is 0. The van der Waals surface area contributed by atoms with E-state index < -0.39 is 0 Å². The van der Waals surface area contributed by atoms with Gasteiger partial charge in [0, 0.05) is 29.5 Å². The number of ether oxygens (including phenoxy) is 1. The van der Waals surface area contributed by atoms with Gasteiger partial charge >= 0.3 is 0 Å². The van der Waals surface area contributed by atoms with Crippen LogP contribution in [0.1, 0.15) is 5.56 Å². The molecule has 0 unspecified atom stereocenters. The molecule has 108 valence electrons. The molecule has 22 heavy (non-hydrogen) atoms. The van der Waals surface area contributed by atoms with E-state index in [1.807, 2.05) is 56.0 Å². The van der Waals surface area contributed by atoms with Gasteiger partial charge in [-0.15, -0.1) is 0 Å². The third-order valence-electron chi connectivity index (χ3n) is 3.72. The molecule has 0 spiro atoms. The average Bonchev–Trinajstić information content (AvgIpc) is 2.96. The summed E-state index contributed by atoms with van der Waals surface area (Å²) in [4.78, 5) is 8.93. The first-order valence-corrected chi connectivity index (χ1v) is 6.99. The molecular formula is C17H14N4O. The molecule has 0 amide bonds. The Kier molecular flexibility index (Phi) is 2.79. The summed E-state index contributed by atoms with van der Waals surface area (Å²) in [5.41, 5.74) is 4.87. The number of methoxy groups -OCH3 is 1. The van der Waals surface area contributed by atoms with Gasteiger partial charge in [0.15, 0.2) is 5.65 Å². The molecule has 0 aliphatic heterocycles. The van der Waals surface area contributed by atoms with E-state index in [0.717, 1.165) is 39.0 Å². The van der Waals surface area contributed by atoms with Crippen LogP contribution in [0.4, 0.5) is 0 Å². The Hall–Kier alpha value is -2.95. The van der Waals surface area contributed by atoms with Crippen LogP contribution in [-0.2, 0) is 0 Å². The monoisotopic (exact) mass is 290 g/mol. The zero-order valence-corrected chi connectivity index (χ0v) is 12.3. The van der Waals surface area contributed by atoms with Gasteiger partial charge in [0.2, 0.25) is 0 Å². The number of aromatic nitrogens is 4. The molecular weight excluding hydrogens is 276 g/mol. The molecule has 1 aromatic carbocycles. The van der Waals surface area contributed by atoms with Crippen molar-refractivity contribution in [1.82, 2.24) is 19.6 Å². The lowest BCUT2D eigenvalue weighted by Gasteiger charge is -2.07. The molecule has 3 aromatic heterocycles. The van der Waals surface area contributed by atoms with E-state index in [-0.39, 0.29) is 0 Å². The van der Waals surface area contributed by atoms with Gasteiger partial charge in [-0.3, -0.25) is 4.98 Å². The average molecular weight is 290 g/mol. The fourth-order valence-electron chi connectivity index (χ4n) is 2.65. The molecule has 0 radical (unpaired) electrons. The second kappa shape index (κ2) is 4.80. The lowest BCUT2D eigenvalue weighted by atomic mass is 10.0. The first kappa shape index (κ1) is 12.8. The summed E-state index contributed by atoms with van der Waals surface area (Å²) in [6.07, 6.45) is 7.47. The van der Waals surface area contributed by atoms with Crippen molar-refractivity contribution in [3.05, 3.63) is 54.6 Å². The Balaban J connectivity index is 2.03. The van der Waals surface area contributed by atoms with E-state index >= 15 is 0 Å². The highest BCUT2D eigenvalue weighted by molar-refractivity contribution is 5.98. The third kappa shape index (κ3) is 1.90. The number of hydrogen-bond acceptors (Lipinski definition) is 4. The Morgan fingerprint density at radius 1 is 1.05 bits per heavy atom. The van der Waals surface area contributed by atoms with Crippen molar-refractivity contribution in [2.24, 2.45) is 0 Å². The van der Waals surface area contributed by atoms with Crippen molar-refractivity contribution in [2.75, 3.05) is 7.11 Å². The highest BCUT2D eigenvalue weighted by Crippen LogP contribution is 2.31. The zero-order chi connectivity index (χ0) is 15.1. The Morgan fingerprint density at radius 3 is 2.82 bits per heavy atom. The highest BCUT2D eigenvalue weighted by Gasteiger charge is 2.12. The van der Waals surface area contributed by atoms with Gasteiger partial charge in [0.1, 0.15) is 5.75 Å². The summed E-state index contributed by atoms with van der Waals surface area (Å²) in [5.74, 6) is 0.807. The number of pyridine rings is 1. The van der Waals surface area contributed by atoms with Crippen LogP contribution in [0.25, 0.3) is 27.7 Å². The first-order chi connectivity index (χ1) is 10.8. The van der Waals surface area contributed by atoms with Crippen molar-refractivity contribution in [3.63, 3.8) is 0 Å². The minimum absolute atomic E-state index is 0.807. The molecule has 0 fully saturated rings. The number of rotatable bonds is 2. The van der Waals surface area contributed by atoms with Gasteiger partial charge < -0.3 is 4.74 Å². The summed E-state index contributed by atoms with van der Waals surface area (Å²) in [6.45, 7) is 2.00.